The molecule has 0 amide bonds. The topological polar surface area (TPSA) is 72.8 Å². The molecule has 2 aliphatic heterocycles. The van der Waals surface area contributed by atoms with Crippen molar-refractivity contribution in [2.75, 3.05) is 13.6 Å². The molecule has 2 rings (SSSR count). The summed E-state index contributed by atoms with van der Waals surface area (Å²) in [6.07, 6.45) is 4.57. The summed E-state index contributed by atoms with van der Waals surface area (Å²) in [5.41, 5.74) is -1.65. The third-order valence-electron chi connectivity index (χ3n) is 4.09. The van der Waals surface area contributed by atoms with Crippen LogP contribution in [0.1, 0.15) is 32.6 Å². The SMILES string of the molecule is CN(CC(C)(O)C(=O)O)C1CC2CCC(C1)N2. The van der Waals surface area contributed by atoms with Gasteiger partial charge in [0.25, 0.3) is 0 Å². The Morgan fingerprint density at radius 2 is 1.94 bits per heavy atom. The molecule has 3 N–H and O–H groups in total. The number of aliphatic hydroxyl groups is 1. The van der Waals surface area contributed by atoms with Gasteiger partial charge in [-0.05, 0) is 39.7 Å². The Bertz CT molecular complexity index is 294. The average molecular weight is 242 g/mol. The maximum atomic E-state index is 10.9. The second-order valence-corrected chi connectivity index (χ2v) is 5.76. The molecule has 2 aliphatic rings. The van der Waals surface area contributed by atoms with E-state index >= 15 is 0 Å². The van der Waals surface area contributed by atoms with E-state index < -0.39 is 11.6 Å². The highest BCUT2D eigenvalue weighted by Gasteiger charge is 2.38. The van der Waals surface area contributed by atoms with E-state index in [1.54, 1.807) is 0 Å². The molecular formula is C12H22N2O3. The lowest BCUT2D eigenvalue weighted by molar-refractivity contribution is -0.158. The highest BCUT2D eigenvalue weighted by Crippen LogP contribution is 2.29. The minimum atomic E-state index is -1.65. The molecule has 2 fully saturated rings. The summed E-state index contributed by atoms with van der Waals surface area (Å²) in [7, 11) is 1.91. The number of nitrogens with zero attached hydrogens (tertiary/aromatic N) is 1. The van der Waals surface area contributed by atoms with Crippen molar-refractivity contribution < 1.29 is 15.0 Å². The average Bonchev–Trinajstić information content (AvgIpc) is 2.56. The number of rotatable bonds is 4. The van der Waals surface area contributed by atoms with Crippen LogP contribution in [-0.2, 0) is 4.79 Å². The van der Waals surface area contributed by atoms with Crippen LogP contribution in [0.4, 0.5) is 0 Å². The Hall–Kier alpha value is -0.650. The molecule has 3 unspecified atom stereocenters. The Morgan fingerprint density at radius 3 is 2.41 bits per heavy atom. The van der Waals surface area contributed by atoms with Crippen LogP contribution in [0.3, 0.4) is 0 Å². The summed E-state index contributed by atoms with van der Waals surface area (Å²) in [5.74, 6) is -1.15. The minimum Gasteiger partial charge on any atom is -0.479 e. The number of aliphatic carboxylic acids is 1. The van der Waals surface area contributed by atoms with Crippen molar-refractivity contribution in [3.05, 3.63) is 0 Å². The predicted octanol–water partition coefficient (Wildman–Crippen LogP) is 0.0368. The van der Waals surface area contributed by atoms with E-state index in [1.165, 1.54) is 19.8 Å². The normalized spacial score (nSPS) is 35.9. The van der Waals surface area contributed by atoms with Gasteiger partial charge in [0.05, 0.1) is 0 Å². The van der Waals surface area contributed by atoms with Gasteiger partial charge in [0.1, 0.15) is 0 Å². The van der Waals surface area contributed by atoms with Gasteiger partial charge in [-0.3, -0.25) is 4.90 Å². The van der Waals surface area contributed by atoms with Gasteiger partial charge >= 0.3 is 5.97 Å². The summed E-state index contributed by atoms with van der Waals surface area (Å²) in [6.45, 7) is 1.55. The first kappa shape index (κ1) is 12.8. The zero-order valence-corrected chi connectivity index (χ0v) is 10.5. The van der Waals surface area contributed by atoms with Crippen molar-refractivity contribution >= 4 is 5.97 Å². The third kappa shape index (κ3) is 2.78. The van der Waals surface area contributed by atoms with Crippen LogP contribution in [0.15, 0.2) is 0 Å². The van der Waals surface area contributed by atoms with Gasteiger partial charge in [-0.15, -0.1) is 0 Å². The highest BCUT2D eigenvalue weighted by molar-refractivity contribution is 5.76. The molecule has 0 aromatic rings. The lowest BCUT2D eigenvalue weighted by Gasteiger charge is -2.37. The number of hydrogen-bond donors (Lipinski definition) is 3. The van der Waals surface area contributed by atoms with E-state index in [9.17, 15) is 9.90 Å². The third-order valence-corrected chi connectivity index (χ3v) is 4.09. The molecule has 5 nitrogen and oxygen atoms in total. The molecule has 0 spiro atoms. The van der Waals surface area contributed by atoms with Crippen LogP contribution < -0.4 is 5.32 Å². The van der Waals surface area contributed by atoms with Crippen LogP contribution in [0.5, 0.6) is 0 Å². The number of piperidine rings is 1. The van der Waals surface area contributed by atoms with Crippen LogP contribution in [0.2, 0.25) is 0 Å². The maximum Gasteiger partial charge on any atom is 0.336 e. The second-order valence-electron chi connectivity index (χ2n) is 5.76. The van der Waals surface area contributed by atoms with Crippen molar-refractivity contribution in [1.29, 1.82) is 0 Å². The monoisotopic (exact) mass is 242 g/mol. The molecule has 2 bridgehead atoms. The fourth-order valence-corrected chi connectivity index (χ4v) is 3.07. The van der Waals surface area contributed by atoms with Gasteiger partial charge in [0, 0.05) is 24.7 Å². The van der Waals surface area contributed by atoms with Gasteiger partial charge < -0.3 is 15.5 Å². The Kier molecular flexibility index (Phi) is 3.43. The van der Waals surface area contributed by atoms with E-state index in [0.29, 0.717) is 18.1 Å². The fourth-order valence-electron chi connectivity index (χ4n) is 3.07. The lowest BCUT2D eigenvalue weighted by atomic mass is 9.97. The van der Waals surface area contributed by atoms with E-state index in [-0.39, 0.29) is 6.54 Å². The smallest absolute Gasteiger partial charge is 0.336 e. The fraction of sp³-hybridized carbons (Fsp3) is 0.917. The molecule has 0 saturated carbocycles. The first-order valence-corrected chi connectivity index (χ1v) is 6.30. The van der Waals surface area contributed by atoms with Crippen LogP contribution in [-0.4, -0.2) is 58.4 Å². The van der Waals surface area contributed by atoms with Gasteiger partial charge in [-0.1, -0.05) is 0 Å². The minimum absolute atomic E-state index is 0.187. The quantitative estimate of drug-likeness (QED) is 0.649. The molecule has 0 radical (unpaired) electrons. The first-order chi connectivity index (χ1) is 7.88. The van der Waals surface area contributed by atoms with Crippen molar-refractivity contribution in [3.63, 3.8) is 0 Å². The highest BCUT2D eigenvalue weighted by atomic mass is 16.4. The number of nitrogens with one attached hydrogen (secondary N) is 1. The Morgan fingerprint density at radius 1 is 1.41 bits per heavy atom. The van der Waals surface area contributed by atoms with Crippen LogP contribution >= 0.6 is 0 Å². The molecule has 2 saturated heterocycles. The number of carbonyl (C=O) groups is 1. The number of hydrogen-bond acceptors (Lipinski definition) is 4. The summed E-state index contributed by atoms with van der Waals surface area (Å²) >= 11 is 0. The van der Waals surface area contributed by atoms with Crippen molar-refractivity contribution in [2.24, 2.45) is 0 Å². The van der Waals surface area contributed by atoms with Crippen molar-refractivity contribution in [1.82, 2.24) is 10.2 Å². The molecule has 0 aromatic heterocycles. The largest absolute Gasteiger partial charge is 0.479 e. The molecule has 17 heavy (non-hydrogen) atoms. The lowest BCUT2D eigenvalue weighted by Crippen LogP contribution is -2.52. The first-order valence-electron chi connectivity index (χ1n) is 6.30. The summed E-state index contributed by atoms with van der Waals surface area (Å²) in [4.78, 5) is 12.9. The van der Waals surface area contributed by atoms with E-state index in [0.717, 1.165) is 12.8 Å². The predicted molar refractivity (Wildman–Crippen MR) is 63.9 cm³/mol. The number of carboxylic acid groups (broad SMARTS) is 1. The molecule has 5 heteroatoms. The molecule has 0 aromatic carbocycles. The number of likely N-dealkylation sites (N-methyl/N-ethyl adjacent to an activating group) is 1. The van der Waals surface area contributed by atoms with Gasteiger partial charge in [0.15, 0.2) is 5.60 Å². The molecule has 2 heterocycles. The number of carboxylic acids is 1. The van der Waals surface area contributed by atoms with E-state index in [4.69, 9.17) is 5.11 Å². The Labute approximate surface area is 102 Å². The zero-order chi connectivity index (χ0) is 12.6. The van der Waals surface area contributed by atoms with Crippen LogP contribution in [0, 0.1) is 0 Å². The molecule has 98 valence electrons. The van der Waals surface area contributed by atoms with Crippen LogP contribution in [0.25, 0.3) is 0 Å². The molecule has 3 atom stereocenters. The van der Waals surface area contributed by atoms with E-state index in [2.05, 4.69) is 5.32 Å². The van der Waals surface area contributed by atoms with Gasteiger partial charge in [-0.25, -0.2) is 4.79 Å². The summed E-state index contributed by atoms with van der Waals surface area (Å²) in [6, 6.07) is 1.55. The zero-order valence-electron chi connectivity index (χ0n) is 10.5. The molecular weight excluding hydrogens is 220 g/mol. The summed E-state index contributed by atoms with van der Waals surface area (Å²) in [5, 5.41) is 22.3. The number of fused-ring (bicyclic) bond motifs is 2. The van der Waals surface area contributed by atoms with Gasteiger partial charge in [0.2, 0.25) is 0 Å². The second kappa shape index (κ2) is 4.55. The molecule has 0 aliphatic carbocycles. The van der Waals surface area contributed by atoms with E-state index in [1.807, 2.05) is 11.9 Å². The Balaban J connectivity index is 1.92. The van der Waals surface area contributed by atoms with Crippen molar-refractivity contribution in [3.8, 4) is 0 Å². The maximum absolute atomic E-state index is 10.9. The standard InChI is InChI=1S/C12H22N2O3/c1-12(17,11(15)16)7-14(2)10-5-8-3-4-9(6-10)13-8/h8-10,13,17H,3-7H2,1-2H3,(H,15,16). The van der Waals surface area contributed by atoms with Crippen molar-refractivity contribution in [2.45, 2.75) is 56.3 Å². The van der Waals surface area contributed by atoms with Gasteiger partial charge in [-0.2, -0.15) is 0 Å². The summed E-state index contributed by atoms with van der Waals surface area (Å²) < 4.78 is 0.